The summed E-state index contributed by atoms with van der Waals surface area (Å²) >= 11 is 7.13. The zero-order valence-electron chi connectivity index (χ0n) is 7.53. The number of aryl methyl sites for hydroxylation is 1. The van der Waals surface area contributed by atoms with E-state index in [9.17, 15) is 0 Å². The van der Waals surface area contributed by atoms with Crippen molar-refractivity contribution in [2.24, 2.45) is 0 Å². The first-order valence-corrected chi connectivity index (χ1v) is 5.48. The van der Waals surface area contributed by atoms with E-state index >= 15 is 0 Å². The molecule has 0 saturated carbocycles. The Morgan fingerprint density at radius 1 is 1.50 bits per heavy atom. The summed E-state index contributed by atoms with van der Waals surface area (Å²) in [5.41, 5.74) is 1.02. The number of halogens is 1. The van der Waals surface area contributed by atoms with Crippen LogP contribution in [-0.4, -0.2) is 15.1 Å². The lowest BCUT2D eigenvalue weighted by Gasteiger charge is -1.86. The molecule has 4 nitrogen and oxygen atoms in total. The van der Waals surface area contributed by atoms with Crippen LogP contribution in [0, 0.1) is 6.92 Å². The molecule has 2 aromatic heterocycles. The van der Waals surface area contributed by atoms with Crippen LogP contribution < -0.4 is 0 Å². The van der Waals surface area contributed by atoms with Crippen LogP contribution in [0.5, 0.6) is 0 Å². The first-order valence-electron chi connectivity index (χ1n) is 4.06. The Hall–Kier alpha value is -0.940. The number of nitrogens with zero attached hydrogens (tertiary/aromatic N) is 3. The van der Waals surface area contributed by atoms with E-state index in [1.165, 1.54) is 0 Å². The minimum atomic E-state index is 0.254. The molecule has 2 aromatic rings. The summed E-state index contributed by atoms with van der Waals surface area (Å²) in [7, 11) is 0. The van der Waals surface area contributed by atoms with Crippen molar-refractivity contribution in [2.75, 3.05) is 0 Å². The van der Waals surface area contributed by atoms with Gasteiger partial charge in [0.15, 0.2) is 5.82 Å². The summed E-state index contributed by atoms with van der Waals surface area (Å²) < 4.78 is 4.88. The molecule has 0 aliphatic carbocycles. The normalized spacial score (nSPS) is 10.7. The average Bonchev–Trinajstić information content (AvgIpc) is 2.76. The van der Waals surface area contributed by atoms with E-state index in [2.05, 4.69) is 15.1 Å². The average molecular weight is 230 g/mol. The van der Waals surface area contributed by atoms with Gasteiger partial charge in [0.2, 0.25) is 5.89 Å². The standard InChI is InChI=1S/C8H8ClN3OS/c1-5-4-14-8(10-5)2-6-11-7(3-9)13-12-6/h4H,2-3H2,1H3. The summed E-state index contributed by atoms with van der Waals surface area (Å²) in [5, 5.41) is 6.78. The molecule has 0 bridgehead atoms. The predicted molar refractivity (Wildman–Crippen MR) is 53.5 cm³/mol. The Balaban J connectivity index is 2.10. The van der Waals surface area contributed by atoms with Crippen molar-refractivity contribution in [3.05, 3.63) is 27.8 Å². The van der Waals surface area contributed by atoms with E-state index in [0.29, 0.717) is 18.1 Å². The molecular weight excluding hydrogens is 222 g/mol. The number of rotatable bonds is 3. The topological polar surface area (TPSA) is 51.8 Å². The van der Waals surface area contributed by atoms with Gasteiger partial charge in [-0.05, 0) is 6.92 Å². The predicted octanol–water partition coefficient (Wildman–Crippen LogP) is 2.16. The third kappa shape index (κ3) is 2.10. The van der Waals surface area contributed by atoms with Crippen LogP contribution in [0.25, 0.3) is 0 Å². The van der Waals surface area contributed by atoms with Gasteiger partial charge in [-0.25, -0.2) is 4.98 Å². The van der Waals surface area contributed by atoms with Gasteiger partial charge in [0, 0.05) is 11.1 Å². The summed E-state index contributed by atoms with van der Waals surface area (Å²) in [6.07, 6.45) is 0.610. The summed E-state index contributed by atoms with van der Waals surface area (Å²) in [6.45, 7) is 1.96. The minimum Gasteiger partial charge on any atom is -0.338 e. The van der Waals surface area contributed by atoms with Crippen LogP contribution in [0.3, 0.4) is 0 Å². The van der Waals surface area contributed by atoms with Crippen molar-refractivity contribution in [1.82, 2.24) is 15.1 Å². The van der Waals surface area contributed by atoms with Gasteiger partial charge in [-0.15, -0.1) is 22.9 Å². The maximum absolute atomic E-state index is 5.54. The van der Waals surface area contributed by atoms with Crippen molar-refractivity contribution in [2.45, 2.75) is 19.2 Å². The third-order valence-corrected chi connectivity index (χ3v) is 2.80. The van der Waals surface area contributed by atoms with E-state index in [4.69, 9.17) is 16.1 Å². The fourth-order valence-corrected chi connectivity index (χ4v) is 1.91. The van der Waals surface area contributed by atoms with Crippen molar-refractivity contribution < 1.29 is 4.52 Å². The number of hydrogen-bond acceptors (Lipinski definition) is 5. The fourth-order valence-electron chi connectivity index (χ4n) is 1.04. The highest BCUT2D eigenvalue weighted by Gasteiger charge is 2.07. The SMILES string of the molecule is Cc1csc(Cc2noc(CCl)n2)n1. The van der Waals surface area contributed by atoms with Crippen molar-refractivity contribution >= 4 is 22.9 Å². The Morgan fingerprint density at radius 3 is 2.93 bits per heavy atom. The summed E-state index contributed by atoms with van der Waals surface area (Å²) in [4.78, 5) is 8.40. The molecule has 14 heavy (non-hydrogen) atoms. The Labute approximate surface area is 89.9 Å². The molecule has 0 fully saturated rings. The van der Waals surface area contributed by atoms with Crippen LogP contribution in [0.1, 0.15) is 22.4 Å². The zero-order valence-corrected chi connectivity index (χ0v) is 9.10. The Bertz CT molecular complexity index is 426. The number of hydrogen-bond donors (Lipinski definition) is 0. The highest BCUT2D eigenvalue weighted by molar-refractivity contribution is 7.09. The zero-order chi connectivity index (χ0) is 9.97. The smallest absolute Gasteiger partial charge is 0.241 e. The maximum Gasteiger partial charge on any atom is 0.241 e. The molecule has 74 valence electrons. The molecule has 0 N–H and O–H groups in total. The number of alkyl halides is 1. The molecule has 2 rings (SSSR count). The van der Waals surface area contributed by atoms with Gasteiger partial charge in [-0.3, -0.25) is 0 Å². The molecule has 0 amide bonds. The lowest BCUT2D eigenvalue weighted by atomic mass is 10.4. The second-order valence-electron chi connectivity index (χ2n) is 2.80. The van der Waals surface area contributed by atoms with Crippen LogP contribution >= 0.6 is 22.9 Å². The van der Waals surface area contributed by atoms with E-state index in [-0.39, 0.29) is 5.88 Å². The quantitative estimate of drug-likeness (QED) is 0.757. The first-order chi connectivity index (χ1) is 6.78. The van der Waals surface area contributed by atoms with E-state index in [0.717, 1.165) is 10.7 Å². The van der Waals surface area contributed by atoms with Crippen molar-refractivity contribution in [1.29, 1.82) is 0 Å². The van der Waals surface area contributed by atoms with E-state index in [1.807, 2.05) is 12.3 Å². The van der Waals surface area contributed by atoms with E-state index in [1.54, 1.807) is 11.3 Å². The molecule has 2 heterocycles. The summed E-state index contributed by atoms with van der Waals surface area (Å²) in [5.74, 6) is 1.34. The lowest BCUT2D eigenvalue weighted by molar-refractivity contribution is 0.385. The van der Waals surface area contributed by atoms with Gasteiger partial charge in [-0.2, -0.15) is 4.98 Å². The molecule has 0 aromatic carbocycles. The highest BCUT2D eigenvalue weighted by Crippen LogP contribution is 2.12. The Morgan fingerprint density at radius 2 is 2.36 bits per heavy atom. The van der Waals surface area contributed by atoms with Crippen LogP contribution in [0.15, 0.2) is 9.90 Å². The third-order valence-electron chi connectivity index (χ3n) is 1.60. The van der Waals surface area contributed by atoms with Gasteiger partial charge in [-0.1, -0.05) is 5.16 Å². The fraction of sp³-hybridized carbons (Fsp3) is 0.375. The van der Waals surface area contributed by atoms with E-state index < -0.39 is 0 Å². The highest BCUT2D eigenvalue weighted by atomic mass is 35.5. The summed E-state index contributed by atoms with van der Waals surface area (Å²) in [6, 6.07) is 0. The van der Waals surface area contributed by atoms with Gasteiger partial charge in [0.1, 0.15) is 10.9 Å². The first kappa shape index (κ1) is 9.61. The van der Waals surface area contributed by atoms with Crippen molar-refractivity contribution in [3.63, 3.8) is 0 Å². The molecule has 6 heteroatoms. The van der Waals surface area contributed by atoms with Gasteiger partial charge < -0.3 is 4.52 Å². The largest absolute Gasteiger partial charge is 0.338 e. The molecular formula is C8H8ClN3OS. The number of thiazole rings is 1. The molecule has 0 saturated heterocycles. The molecule has 0 atom stereocenters. The van der Waals surface area contributed by atoms with Crippen LogP contribution in [0.2, 0.25) is 0 Å². The lowest BCUT2D eigenvalue weighted by Crippen LogP contribution is -1.90. The van der Waals surface area contributed by atoms with Gasteiger partial charge >= 0.3 is 0 Å². The monoisotopic (exact) mass is 229 g/mol. The maximum atomic E-state index is 5.54. The second-order valence-corrected chi connectivity index (χ2v) is 4.01. The molecule has 0 unspecified atom stereocenters. The molecule has 0 aliphatic rings. The van der Waals surface area contributed by atoms with Crippen LogP contribution in [0.4, 0.5) is 0 Å². The number of aromatic nitrogens is 3. The molecule has 0 spiro atoms. The van der Waals surface area contributed by atoms with Crippen LogP contribution in [-0.2, 0) is 12.3 Å². The molecule has 0 radical (unpaired) electrons. The van der Waals surface area contributed by atoms with Gasteiger partial charge in [0.05, 0.1) is 6.42 Å². The van der Waals surface area contributed by atoms with Crippen molar-refractivity contribution in [3.8, 4) is 0 Å². The second kappa shape index (κ2) is 4.06. The molecule has 0 aliphatic heterocycles. The Kier molecular flexibility index (Phi) is 2.79. The van der Waals surface area contributed by atoms with Gasteiger partial charge in [0.25, 0.3) is 0 Å². The minimum absolute atomic E-state index is 0.254.